The maximum absolute atomic E-state index is 5.87. The number of rotatable bonds is 5. The highest BCUT2D eigenvalue weighted by Gasteiger charge is 2.12. The summed E-state index contributed by atoms with van der Waals surface area (Å²) in [7, 11) is 0. The Morgan fingerprint density at radius 2 is 1.25 bits per heavy atom. The molecule has 0 amide bonds. The van der Waals surface area contributed by atoms with Gasteiger partial charge in [0.2, 0.25) is 0 Å². The fourth-order valence-corrected chi connectivity index (χ4v) is 3.62. The molecule has 32 heavy (non-hydrogen) atoms. The van der Waals surface area contributed by atoms with Gasteiger partial charge in [-0.15, -0.1) is 73.4 Å². The Kier molecular flexibility index (Phi) is 15.7. The number of pyridine rings is 2. The Labute approximate surface area is 222 Å². The van der Waals surface area contributed by atoms with Crippen molar-refractivity contribution in [3.63, 3.8) is 0 Å². The first-order valence-corrected chi connectivity index (χ1v) is 9.53. The van der Waals surface area contributed by atoms with E-state index >= 15 is 0 Å². The lowest BCUT2D eigenvalue weighted by Crippen LogP contribution is -2.01. The highest BCUT2D eigenvalue weighted by atomic mass is 35.5. The maximum Gasteiger partial charge on any atom is 0.142 e. The molecule has 174 valence electrons. The van der Waals surface area contributed by atoms with Crippen molar-refractivity contribution < 1.29 is 0 Å². The fourth-order valence-electron chi connectivity index (χ4n) is 2.84. The third-order valence-corrected chi connectivity index (χ3v) is 5.06. The van der Waals surface area contributed by atoms with Crippen molar-refractivity contribution in [3.05, 3.63) is 77.4 Å². The monoisotopic (exact) mass is 553 g/mol. The quantitative estimate of drug-likeness (QED) is 0.317. The van der Waals surface area contributed by atoms with E-state index in [0.29, 0.717) is 13.1 Å². The van der Waals surface area contributed by atoms with E-state index in [4.69, 9.17) is 16.5 Å². The van der Waals surface area contributed by atoms with Crippen molar-refractivity contribution in [2.24, 2.45) is 11.5 Å². The molecule has 0 fully saturated rings. The molecule has 0 radical (unpaired) electrons. The molecule has 0 aliphatic rings. The molecule has 4 aromatic rings. The Bertz CT molecular complexity index is 1080. The Morgan fingerprint density at radius 3 is 1.91 bits per heavy atom. The molecule has 0 spiro atoms. The van der Waals surface area contributed by atoms with Crippen LogP contribution in [0.4, 0.5) is 0 Å². The molecule has 11 heteroatoms. The van der Waals surface area contributed by atoms with Crippen LogP contribution in [-0.2, 0) is 13.1 Å². The third-order valence-electron chi connectivity index (χ3n) is 4.20. The largest absolute Gasteiger partial charge is 0.325 e. The van der Waals surface area contributed by atoms with E-state index in [2.05, 4.69) is 28.2 Å². The predicted molar refractivity (Wildman–Crippen MR) is 146 cm³/mol. The average molecular weight is 556 g/mol. The van der Waals surface area contributed by atoms with Gasteiger partial charge in [-0.3, -0.25) is 0 Å². The van der Waals surface area contributed by atoms with Crippen LogP contribution >= 0.6 is 73.4 Å². The zero-order chi connectivity index (χ0) is 18.6. The minimum atomic E-state index is 0. The smallest absolute Gasteiger partial charge is 0.142 e. The van der Waals surface area contributed by atoms with Gasteiger partial charge in [0, 0.05) is 18.5 Å². The standard InChI is InChI=1S/C21H19N5S.5ClH/c22-11-16-7-4-8-18(24-16)20-13-27-21(26-20)19-10-15(9-17(12-23)25-19)14-5-2-1-3-6-14;;;;;/h1-10,13H,11-12,22-23H2;5*1H. The number of benzene rings is 1. The predicted octanol–water partition coefficient (Wildman–Crippen LogP) is 5.96. The maximum atomic E-state index is 5.87. The van der Waals surface area contributed by atoms with Crippen LogP contribution in [0.15, 0.2) is 66.0 Å². The van der Waals surface area contributed by atoms with E-state index in [9.17, 15) is 0 Å². The van der Waals surface area contributed by atoms with Crippen LogP contribution in [-0.4, -0.2) is 15.0 Å². The van der Waals surface area contributed by atoms with Crippen LogP contribution in [0.5, 0.6) is 0 Å². The zero-order valence-corrected chi connectivity index (χ0v) is 21.6. The highest BCUT2D eigenvalue weighted by molar-refractivity contribution is 7.13. The van der Waals surface area contributed by atoms with Crippen LogP contribution in [0.1, 0.15) is 11.4 Å². The van der Waals surface area contributed by atoms with Gasteiger partial charge in [0.05, 0.1) is 22.8 Å². The second-order valence-electron chi connectivity index (χ2n) is 6.06. The van der Waals surface area contributed by atoms with Crippen LogP contribution in [0.25, 0.3) is 33.2 Å². The molecule has 4 rings (SSSR count). The van der Waals surface area contributed by atoms with Crippen molar-refractivity contribution in [2.75, 3.05) is 0 Å². The molecule has 0 saturated carbocycles. The normalized spacial score (nSPS) is 9.19. The molecule has 0 unspecified atom stereocenters. The second-order valence-corrected chi connectivity index (χ2v) is 6.92. The molecule has 0 atom stereocenters. The van der Waals surface area contributed by atoms with Crippen LogP contribution in [0.3, 0.4) is 0 Å². The number of nitrogens with two attached hydrogens (primary N) is 2. The van der Waals surface area contributed by atoms with Crippen LogP contribution in [0.2, 0.25) is 0 Å². The van der Waals surface area contributed by atoms with Crippen molar-refractivity contribution >= 4 is 73.4 Å². The van der Waals surface area contributed by atoms with Gasteiger partial charge in [-0.25, -0.2) is 15.0 Å². The Morgan fingerprint density at radius 1 is 0.594 bits per heavy atom. The summed E-state index contributed by atoms with van der Waals surface area (Å²) in [6, 6.07) is 20.1. The minimum Gasteiger partial charge on any atom is -0.325 e. The summed E-state index contributed by atoms with van der Waals surface area (Å²) in [6.45, 7) is 0.789. The number of thiazole rings is 1. The SMILES string of the molecule is Cl.Cl.Cl.Cl.Cl.NCc1cccc(-c2csc(-c3cc(-c4ccccc4)cc(CN)n3)n2)n1. The lowest BCUT2D eigenvalue weighted by atomic mass is 10.0. The Hall–Kier alpha value is -1.48. The van der Waals surface area contributed by atoms with Gasteiger partial charge < -0.3 is 11.5 Å². The van der Waals surface area contributed by atoms with Gasteiger partial charge in [0.1, 0.15) is 10.7 Å². The lowest BCUT2D eigenvalue weighted by Gasteiger charge is -2.07. The summed E-state index contributed by atoms with van der Waals surface area (Å²) in [5, 5.41) is 2.84. The number of hydrogen-bond acceptors (Lipinski definition) is 6. The first-order valence-electron chi connectivity index (χ1n) is 8.65. The topological polar surface area (TPSA) is 90.7 Å². The van der Waals surface area contributed by atoms with Crippen molar-refractivity contribution in [3.8, 4) is 33.2 Å². The fraction of sp³-hybridized carbons (Fsp3) is 0.0952. The molecule has 4 N–H and O–H groups in total. The molecule has 0 aliphatic heterocycles. The third kappa shape index (κ3) is 7.54. The summed E-state index contributed by atoms with van der Waals surface area (Å²) >= 11 is 1.55. The molecule has 0 saturated heterocycles. The van der Waals surface area contributed by atoms with Crippen LogP contribution in [0, 0.1) is 0 Å². The Balaban J connectivity index is 0. The summed E-state index contributed by atoms with van der Waals surface area (Å²) in [4.78, 5) is 14.0. The van der Waals surface area contributed by atoms with Crippen LogP contribution < -0.4 is 11.5 Å². The van der Waals surface area contributed by atoms with E-state index in [0.717, 1.165) is 44.6 Å². The van der Waals surface area contributed by atoms with Gasteiger partial charge in [0.25, 0.3) is 0 Å². The van der Waals surface area contributed by atoms with E-state index < -0.39 is 0 Å². The first-order chi connectivity index (χ1) is 13.3. The summed E-state index contributed by atoms with van der Waals surface area (Å²) < 4.78 is 0. The molecule has 3 heterocycles. The highest BCUT2D eigenvalue weighted by Crippen LogP contribution is 2.30. The first kappa shape index (κ1) is 32.7. The second kappa shape index (κ2) is 15.4. The van der Waals surface area contributed by atoms with Crippen molar-refractivity contribution in [1.29, 1.82) is 0 Å². The summed E-state index contributed by atoms with van der Waals surface area (Å²) in [5.41, 5.74) is 17.9. The molecular weight excluding hydrogens is 532 g/mol. The minimum absolute atomic E-state index is 0. The molecule has 5 nitrogen and oxygen atoms in total. The molecule has 3 aromatic heterocycles. The van der Waals surface area contributed by atoms with Gasteiger partial charge in [-0.1, -0.05) is 36.4 Å². The van der Waals surface area contributed by atoms with Gasteiger partial charge >= 0.3 is 0 Å². The van der Waals surface area contributed by atoms with E-state index in [-0.39, 0.29) is 62.0 Å². The van der Waals surface area contributed by atoms with Crippen molar-refractivity contribution in [1.82, 2.24) is 15.0 Å². The zero-order valence-electron chi connectivity index (χ0n) is 16.7. The molecule has 1 aromatic carbocycles. The number of nitrogens with zero attached hydrogens (tertiary/aromatic N) is 3. The number of halogens is 5. The molecule has 0 aliphatic carbocycles. The van der Waals surface area contributed by atoms with E-state index in [1.807, 2.05) is 47.8 Å². The average Bonchev–Trinajstić information content (AvgIpc) is 3.24. The van der Waals surface area contributed by atoms with Gasteiger partial charge in [-0.2, -0.15) is 0 Å². The van der Waals surface area contributed by atoms with Gasteiger partial charge in [0.15, 0.2) is 0 Å². The summed E-state index contributed by atoms with van der Waals surface area (Å²) in [6.07, 6.45) is 0. The van der Waals surface area contributed by atoms with E-state index in [1.54, 1.807) is 11.3 Å². The lowest BCUT2D eigenvalue weighted by molar-refractivity contribution is 0.989. The molecule has 0 bridgehead atoms. The van der Waals surface area contributed by atoms with E-state index in [1.165, 1.54) is 0 Å². The number of aromatic nitrogens is 3. The van der Waals surface area contributed by atoms with Crippen molar-refractivity contribution in [2.45, 2.75) is 13.1 Å². The van der Waals surface area contributed by atoms with Gasteiger partial charge in [-0.05, 0) is 35.4 Å². The molecular formula is C21H24Cl5N5S. The number of hydrogen-bond donors (Lipinski definition) is 2. The summed E-state index contributed by atoms with van der Waals surface area (Å²) in [5.74, 6) is 0.